The van der Waals surface area contributed by atoms with Crippen LogP contribution in [0.5, 0.6) is 0 Å². The molecule has 0 heterocycles. The molecule has 0 aliphatic heterocycles. The molecule has 1 rings (SSSR count). The van der Waals surface area contributed by atoms with E-state index in [0.717, 1.165) is 12.8 Å². The summed E-state index contributed by atoms with van der Waals surface area (Å²) in [5.74, 6) is -0.0723. The molecule has 1 fully saturated rings. The van der Waals surface area contributed by atoms with Crippen LogP contribution in [-0.4, -0.2) is 12.1 Å². The Morgan fingerprint density at radius 2 is 2.00 bits per heavy atom. The number of esters is 1. The second-order valence-corrected chi connectivity index (χ2v) is 3.35. The van der Waals surface area contributed by atoms with E-state index in [1.54, 1.807) is 0 Å². The molecule has 2 nitrogen and oxygen atoms in total. The summed E-state index contributed by atoms with van der Waals surface area (Å²) in [6, 6.07) is 0. The van der Waals surface area contributed by atoms with Gasteiger partial charge in [0.05, 0.1) is 0 Å². The van der Waals surface area contributed by atoms with Gasteiger partial charge in [0, 0.05) is 6.42 Å². The van der Waals surface area contributed by atoms with Crippen molar-refractivity contribution in [1.29, 1.82) is 0 Å². The van der Waals surface area contributed by atoms with Gasteiger partial charge in [0.1, 0.15) is 6.10 Å². The monoisotopic (exact) mass is 169 g/mol. The van der Waals surface area contributed by atoms with E-state index in [1.807, 2.05) is 0 Å². The normalized spacial score (nSPS) is 19.1. The maximum atomic E-state index is 11.0. The molecule has 69 valence electrons. The molecule has 1 aliphatic carbocycles. The Labute approximate surface area is 74.3 Å². The smallest absolute Gasteiger partial charge is 0.306 e. The van der Waals surface area contributed by atoms with Gasteiger partial charge in [-0.1, -0.05) is 13.3 Å². The van der Waals surface area contributed by atoms with Crippen LogP contribution < -0.4 is 0 Å². The fraction of sp³-hybridized carbons (Fsp3) is 0.800. The van der Waals surface area contributed by atoms with Gasteiger partial charge in [-0.2, -0.15) is 0 Å². The first-order valence-electron chi connectivity index (χ1n) is 4.81. The highest BCUT2D eigenvalue weighted by atomic mass is 16.5. The summed E-state index contributed by atoms with van der Waals surface area (Å²) < 4.78 is 5.25. The average molecular weight is 169 g/mol. The van der Waals surface area contributed by atoms with Crippen molar-refractivity contribution in [3.63, 3.8) is 0 Å². The van der Waals surface area contributed by atoms with Gasteiger partial charge >= 0.3 is 5.97 Å². The van der Waals surface area contributed by atoms with E-state index in [0.29, 0.717) is 12.8 Å². The zero-order valence-electron chi connectivity index (χ0n) is 7.55. The van der Waals surface area contributed by atoms with E-state index in [2.05, 4.69) is 6.92 Å². The maximum Gasteiger partial charge on any atom is 0.306 e. The van der Waals surface area contributed by atoms with Crippen LogP contribution in [0, 0.1) is 6.92 Å². The molecular weight excluding hydrogens is 152 g/mol. The molecule has 0 aromatic heterocycles. The first-order valence-corrected chi connectivity index (χ1v) is 4.81. The van der Waals surface area contributed by atoms with Gasteiger partial charge in [-0.25, -0.2) is 0 Å². The van der Waals surface area contributed by atoms with Crippen molar-refractivity contribution in [3.05, 3.63) is 6.92 Å². The summed E-state index contributed by atoms with van der Waals surface area (Å²) >= 11 is 0. The van der Waals surface area contributed by atoms with E-state index in [9.17, 15) is 4.79 Å². The van der Waals surface area contributed by atoms with Crippen molar-refractivity contribution < 1.29 is 9.53 Å². The standard InChI is InChI=1S/C10H17O2/c1-2-6-10(11)12-9-7-4-3-5-8-9/h9H,1-8H2. The molecule has 12 heavy (non-hydrogen) atoms. The number of carbonyl (C=O) groups is 1. The fourth-order valence-corrected chi connectivity index (χ4v) is 1.57. The molecule has 0 atom stereocenters. The van der Waals surface area contributed by atoms with E-state index >= 15 is 0 Å². The topological polar surface area (TPSA) is 26.3 Å². The molecule has 1 radical (unpaired) electrons. The fourth-order valence-electron chi connectivity index (χ4n) is 1.57. The SMILES string of the molecule is [CH2]CCC(=O)OC1CCCCC1. The molecule has 0 N–H and O–H groups in total. The quantitative estimate of drug-likeness (QED) is 0.607. The van der Waals surface area contributed by atoms with Gasteiger partial charge in [-0.15, -0.1) is 0 Å². The highest BCUT2D eigenvalue weighted by Gasteiger charge is 2.16. The van der Waals surface area contributed by atoms with Crippen molar-refractivity contribution >= 4 is 5.97 Å². The van der Waals surface area contributed by atoms with Gasteiger partial charge < -0.3 is 4.74 Å². The van der Waals surface area contributed by atoms with Crippen LogP contribution in [0.3, 0.4) is 0 Å². The highest BCUT2D eigenvalue weighted by Crippen LogP contribution is 2.20. The van der Waals surface area contributed by atoms with Gasteiger partial charge in [0.15, 0.2) is 0 Å². The van der Waals surface area contributed by atoms with Gasteiger partial charge in [-0.05, 0) is 32.1 Å². The van der Waals surface area contributed by atoms with Crippen molar-refractivity contribution in [3.8, 4) is 0 Å². The molecule has 0 aromatic rings. The minimum atomic E-state index is -0.0723. The van der Waals surface area contributed by atoms with Crippen LogP contribution in [0.15, 0.2) is 0 Å². The van der Waals surface area contributed by atoms with Crippen molar-refractivity contribution in [1.82, 2.24) is 0 Å². The second-order valence-electron chi connectivity index (χ2n) is 3.35. The first-order chi connectivity index (χ1) is 5.83. The van der Waals surface area contributed by atoms with E-state index < -0.39 is 0 Å². The molecule has 0 spiro atoms. The summed E-state index contributed by atoms with van der Waals surface area (Å²) in [5.41, 5.74) is 0. The Morgan fingerprint density at radius 1 is 1.33 bits per heavy atom. The third-order valence-corrected chi connectivity index (χ3v) is 2.23. The van der Waals surface area contributed by atoms with Gasteiger partial charge in [-0.3, -0.25) is 4.79 Å². The summed E-state index contributed by atoms with van der Waals surface area (Å²) in [4.78, 5) is 11.0. The lowest BCUT2D eigenvalue weighted by Gasteiger charge is -2.21. The van der Waals surface area contributed by atoms with Crippen LogP contribution in [-0.2, 0) is 9.53 Å². The molecule has 1 aliphatic rings. The van der Waals surface area contributed by atoms with E-state index in [4.69, 9.17) is 4.74 Å². The number of rotatable bonds is 3. The molecule has 0 bridgehead atoms. The second kappa shape index (κ2) is 5.18. The van der Waals surface area contributed by atoms with Crippen molar-refractivity contribution in [2.24, 2.45) is 0 Å². The van der Waals surface area contributed by atoms with Crippen molar-refractivity contribution in [2.75, 3.05) is 0 Å². The first kappa shape index (κ1) is 9.56. The van der Waals surface area contributed by atoms with Crippen LogP contribution >= 0.6 is 0 Å². The molecule has 0 amide bonds. The number of ether oxygens (including phenoxy) is 1. The predicted molar refractivity (Wildman–Crippen MR) is 47.6 cm³/mol. The number of hydrogen-bond donors (Lipinski definition) is 0. The largest absolute Gasteiger partial charge is 0.462 e. The summed E-state index contributed by atoms with van der Waals surface area (Å²) in [6.45, 7) is 3.62. The van der Waals surface area contributed by atoms with Crippen molar-refractivity contribution in [2.45, 2.75) is 51.0 Å². The highest BCUT2D eigenvalue weighted by molar-refractivity contribution is 5.69. The predicted octanol–water partition coefficient (Wildman–Crippen LogP) is 2.48. The lowest BCUT2D eigenvalue weighted by Crippen LogP contribution is -2.20. The van der Waals surface area contributed by atoms with Gasteiger partial charge in [0.2, 0.25) is 0 Å². The van der Waals surface area contributed by atoms with Crippen LogP contribution in [0.4, 0.5) is 0 Å². The molecule has 1 saturated carbocycles. The molecule has 0 aromatic carbocycles. The number of carbonyl (C=O) groups excluding carboxylic acids is 1. The van der Waals surface area contributed by atoms with Crippen LogP contribution in [0.1, 0.15) is 44.9 Å². The Morgan fingerprint density at radius 3 is 2.58 bits per heavy atom. The lowest BCUT2D eigenvalue weighted by molar-refractivity contribution is -0.150. The summed E-state index contributed by atoms with van der Waals surface area (Å²) in [5, 5.41) is 0. The lowest BCUT2D eigenvalue weighted by atomic mass is 9.98. The zero-order chi connectivity index (χ0) is 8.81. The molecule has 2 heteroatoms. The van der Waals surface area contributed by atoms with Crippen LogP contribution in [0.2, 0.25) is 0 Å². The molecule has 0 saturated heterocycles. The Bertz CT molecular complexity index is 137. The van der Waals surface area contributed by atoms with E-state index in [-0.39, 0.29) is 12.1 Å². The van der Waals surface area contributed by atoms with Gasteiger partial charge in [0.25, 0.3) is 0 Å². The zero-order valence-corrected chi connectivity index (χ0v) is 7.55. The Hall–Kier alpha value is -0.530. The Balaban J connectivity index is 2.15. The van der Waals surface area contributed by atoms with Crippen LogP contribution in [0.25, 0.3) is 0 Å². The Kier molecular flexibility index (Phi) is 4.12. The maximum absolute atomic E-state index is 11.0. The average Bonchev–Trinajstić information content (AvgIpc) is 2.06. The third kappa shape index (κ3) is 3.24. The minimum absolute atomic E-state index is 0.0723. The third-order valence-electron chi connectivity index (χ3n) is 2.23. The summed E-state index contributed by atoms with van der Waals surface area (Å²) in [7, 11) is 0. The van der Waals surface area contributed by atoms with E-state index in [1.165, 1.54) is 19.3 Å². The molecule has 0 unspecified atom stereocenters. The minimum Gasteiger partial charge on any atom is -0.462 e. The molecular formula is C10H17O2. The number of hydrogen-bond acceptors (Lipinski definition) is 2. The summed E-state index contributed by atoms with van der Waals surface area (Å²) in [6.07, 6.45) is 7.15.